The number of aryl methyl sites for hydroxylation is 4. The monoisotopic (exact) mass is 913 g/mol. The summed E-state index contributed by atoms with van der Waals surface area (Å²) in [5, 5.41) is 8.88. The van der Waals surface area contributed by atoms with Crippen molar-refractivity contribution in [1.29, 1.82) is 0 Å². The molecular weight excluding hydrogens is 877 g/mol. The Bertz CT molecular complexity index is 3160. The van der Waals surface area contributed by atoms with Crippen LogP contribution in [0.3, 0.4) is 0 Å². The number of hydrogen-bond acceptors (Lipinski definition) is 4. The third-order valence-corrected chi connectivity index (χ3v) is 11.0. The number of aromatic nitrogens is 2. The fraction of sp³-hybridized carbons (Fsp3) is 0.0769. The molecule has 5 heteroatoms. The first-order chi connectivity index (χ1) is 27.4. The van der Waals surface area contributed by atoms with E-state index in [1.54, 1.807) is 0 Å². The number of furan rings is 2. The van der Waals surface area contributed by atoms with Gasteiger partial charge in [0, 0.05) is 76.4 Å². The van der Waals surface area contributed by atoms with E-state index in [-0.39, 0.29) is 20.1 Å². The first-order valence-electron chi connectivity index (χ1n) is 18.9. The molecule has 0 aliphatic carbocycles. The largest absolute Gasteiger partial charge is 0.455 e. The second kappa shape index (κ2) is 14.6. The molecule has 0 saturated carbocycles. The van der Waals surface area contributed by atoms with Gasteiger partial charge in [0.15, 0.2) is 0 Å². The van der Waals surface area contributed by atoms with Gasteiger partial charge in [0.25, 0.3) is 0 Å². The number of rotatable bonds is 3. The van der Waals surface area contributed by atoms with Crippen LogP contribution >= 0.6 is 0 Å². The second-order valence-electron chi connectivity index (χ2n) is 14.6. The predicted octanol–water partition coefficient (Wildman–Crippen LogP) is 14.1. The molecular formula is C52H36IrN2O2-2. The van der Waals surface area contributed by atoms with Crippen LogP contribution in [-0.2, 0) is 20.1 Å². The van der Waals surface area contributed by atoms with E-state index in [4.69, 9.17) is 13.8 Å². The summed E-state index contributed by atoms with van der Waals surface area (Å²) in [5.41, 5.74) is 14.3. The van der Waals surface area contributed by atoms with E-state index in [1.807, 2.05) is 36.7 Å². The molecule has 0 fully saturated rings. The maximum Gasteiger partial charge on any atom is 0.143 e. The summed E-state index contributed by atoms with van der Waals surface area (Å²) in [4.78, 5) is 9.21. The summed E-state index contributed by atoms with van der Waals surface area (Å²) in [5.74, 6) is 0. The van der Waals surface area contributed by atoms with E-state index in [0.29, 0.717) is 0 Å². The van der Waals surface area contributed by atoms with Crippen molar-refractivity contribution in [2.24, 2.45) is 0 Å². The molecule has 57 heavy (non-hydrogen) atoms. The summed E-state index contributed by atoms with van der Waals surface area (Å²) >= 11 is 0. The Kier molecular flexibility index (Phi) is 9.29. The molecule has 4 aromatic heterocycles. The predicted molar refractivity (Wildman–Crippen MR) is 231 cm³/mol. The Hall–Kier alpha value is -6.39. The van der Waals surface area contributed by atoms with Gasteiger partial charge < -0.3 is 18.8 Å². The summed E-state index contributed by atoms with van der Waals surface area (Å²) < 4.78 is 13.4. The van der Waals surface area contributed by atoms with E-state index in [0.717, 1.165) is 105 Å². The Balaban J connectivity index is 0.000000224. The molecule has 0 atom stereocenters. The minimum atomic E-state index is 0. The fourth-order valence-corrected chi connectivity index (χ4v) is 7.85. The quantitative estimate of drug-likeness (QED) is 0.166. The third kappa shape index (κ3) is 6.30. The van der Waals surface area contributed by atoms with Crippen molar-refractivity contribution in [3.8, 4) is 33.6 Å². The van der Waals surface area contributed by atoms with Crippen molar-refractivity contribution in [3.63, 3.8) is 0 Å². The molecule has 4 nitrogen and oxygen atoms in total. The average molecular weight is 913 g/mol. The molecule has 0 spiro atoms. The molecule has 0 aliphatic rings. The Labute approximate surface area is 344 Å². The van der Waals surface area contributed by atoms with Crippen LogP contribution < -0.4 is 0 Å². The zero-order chi connectivity index (χ0) is 37.9. The van der Waals surface area contributed by atoms with E-state index in [1.165, 1.54) is 16.7 Å². The number of hydrogen-bond donors (Lipinski definition) is 0. The first kappa shape index (κ1) is 36.3. The summed E-state index contributed by atoms with van der Waals surface area (Å²) in [6.45, 7) is 8.37. The zero-order valence-corrected chi connectivity index (χ0v) is 34.3. The van der Waals surface area contributed by atoms with E-state index >= 15 is 0 Å². The first-order valence-corrected chi connectivity index (χ1v) is 18.9. The van der Waals surface area contributed by atoms with Crippen LogP contribution in [0.1, 0.15) is 22.3 Å². The number of fused-ring (bicyclic) bond motifs is 10. The van der Waals surface area contributed by atoms with Crippen molar-refractivity contribution in [2.45, 2.75) is 27.7 Å². The number of pyridine rings is 2. The van der Waals surface area contributed by atoms with Gasteiger partial charge in [-0.05, 0) is 71.8 Å². The minimum absolute atomic E-state index is 0. The fourth-order valence-electron chi connectivity index (χ4n) is 7.85. The van der Waals surface area contributed by atoms with Gasteiger partial charge in [0.2, 0.25) is 0 Å². The maximum absolute atomic E-state index is 6.69. The standard InChI is InChI=1S/C38H22NO2.C14H14N.Ir/c1-22-21-39-31(25-11-3-2-4-12-25)19-30(22)36-34-28-17-15-23-9-5-7-13-26(23)37(28)40-32(34)20-33-35(36)29-18-16-24-10-6-8-14-27(24)38(29)41-33;1-10-4-6-13(7-5-10)14-8-11(2)12(3)9-15-14;/h2-11,13-21H,1H3;4-6,8-9H,1-3H3;/q2*-1;. The SMILES string of the molecule is Cc1c[c-]c(-c2cc(C)c(C)cn2)cc1.Cc1cnc(-c2[c-]cccc2)cc1-c1c2c(cc3oc4c5ccccc5ccc4c13)oc1c3ccccc3ccc12.[Ir]. The van der Waals surface area contributed by atoms with Crippen molar-refractivity contribution in [2.75, 3.05) is 0 Å². The summed E-state index contributed by atoms with van der Waals surface area (Å²) in [6.07, 6.45) is 3.88. The van der Waals surface area contributed by atoms with Crippen LogP contribution in [0.25, 0.3) is 99.1 Å². The van der Waals surface area contributed by atoms with E-state index in [2.05, 4.69) is 154 Å². The molecule has 0 N–H and O–H groups in total. The topological polar surface area (TPSA) is 52.1 Å². The summed E-state index contributed by atoms with van der Waals surface area (Å²) in [7, 11) is 0. The third-order valence-electron chi connectivity index (χ3n) is 11.0. The number of nitrogens with zero attached hydrogens (tertiary/aromatic N) is 2. The molecule has 0 unspecified atom stereocenters. The Morgan fingerprint density at radius 1 is 0.491 bits per heavy atom. The van der Waals surface area contributed by atoms with E-state index < -0.39 is 0 Å². The molecule has 0 saturated heterocycles. The van der Waals surface area contributed by atoms with Gasteiger partial charge in [0.1, 0.15) is 22.3 Å². The van der Waals surface area contributed by atoms with Gasteiger partial charge in [0.05, 0.1) is 0 Å². The number of benzene rings is 7. The second-order valence-corrected chi connectivity index (χ2v) is 14.6. The molecule has 11 rings (SSSR count). The zero-order valence-electron chi connectivity index (χ0n) is 31.9. The van der Waals surface area contributed by atoms with Crippen molar-refractivity contribution >= 4 is 65.4 Å². The normalized spacial score (nSPS) is 11.4. The van der Waals surface area contributed by atoms with E-state index in [9.17, 15) is 0 Å². The average Bonchev–Trinajstić information content (AvgIpc) is 3.81. The molecule has 0 aliphatic heterocycles. The smallest absolute Gasteiger partial charge is 0.143 e. The van der Waals surface area contributed by atoms with Crippen LogP contribution in [0.4, 0.5) is 0 Å². The van der Waals surface area contributed by atoms with Crippen LogP contribution in [0, 0.1) is 39.8 Å². The van der Waals surface area contributed by atoms with Crippen molar-refractivity contribution in [3.05, 3.63) is 180 Å². The molecule has 0 bridgehead atoms. The summed E-state index contributed by atoms with van der Waals surface area (Å²) in [6, 6.07) is 52.6. The van der Waals surface area contributed by atoms with Crippen LogP contribution in [0.5, 0.6) is 0 Å². The van der Waals surface area contributed by atoms with Crippen LogP contribution in [-0.4, -0.2) is 9.97 Å². The van der Waals surface area contributed by atoms with Crippen LogP contribution in [0.15, 0.2) is 155 Å². The Morgan fingerprint density at radius 2 is 1.07 bits per heavy atom. The maximum atomic E-state index is 6.69. The minimum Gasteiger partial charge on any atom is -0.455 e. The molecule has 1 radical (unpaired) electrons. The molecule has 277 valence electrons. The molecule has 0 amide bonds. The molecule has 4 heterocycles. The molecule has 11 aromatic rings. The van der Waals surface area contributed by atoms with Gasteiger partial charge in [-0.1, -0.05) is 85.3 Å². The molecule has 7 aromatic carbocycles. The Morgan fingerprint density at radius 3 is 1.65 bits per heavy atom. The van der Waals surface area contributed by atoms with Crippen molar-refractivity contribution < 1.29 is 28.9 Å². The van der Waals surface area contributed by atoms with Gasteiger partial charge in [-0.25, -0.2) is 0 Å². The van der Waals surface area contributed by atoms with Crippen LogP contribution in [0.2, 0.25) is 0 Å². The van der Waals surface area contributed by atoms with Gasteiger partial charge in [-0.3, -0.25) is 0 Å². The van der Waals surface area contributed by atoms with Gasteiger partial charge >= 0.3 is 0 Å². The van der Waals surface area contributed by atoms with Gasteiger partial charge in [-0.2, -0.15) is 0 Å². The van der Waals surface area contributed by atoms with Gasteiger partial charge in [-0.15, -0.1) is 71.3 Å². The van der Waals surface area contributed by atoms with Crippen molar-refractivity contribution in [1.82, 2.24) is 9.97 Å².